The van der Waals surface area contributed by atoms with Gasteiger partial charge in [-0.15, -0.1) is 36.2 Å². The van der Waals surface area contributed by atoms with Gasteiger partial charge < -0.3 is 10.2 Å². The van der Waals surface area contributed by atoms with E-state index in [9.17, 15) is 9.18 Å². The Labute approximate surface area is 185 Å². The number of nitrogens with zero attached hydrogens (tertiary/aromatic N) is 3. The van der Waals surface area contributed by atoms with E-state index in [0.717, 1.165) is 29.1 Å². The fourth-order valence-electron chi connectivity index (χ4n) is 3.22. The van der Waals surface area contributed by atoms with Gasteiger partial charge in [0.1, 0.15) is 5.82 Å². The van der Waals surface area contributed by atoms with Gasteiger partial charge in [0.05, 0.1) is 22.6 Å². The average Bonchev–Trinajstić information content (AvgIpc) is 3.19. The average molecular weight is 455 g/mol. The zero-order valence-electron chi connectivity index (χ0n) is 15.5. The number of rotatable bonds is 3. The van der Waals surface area contributed by atoms with Crippen LogP contribution in [0, 0.1) is 5.82 Å². The number of urea groups is 1. The molecule has 9 heteroatoms. The van der Waals surface area contributed by atoms with Crippen LogP contribution in [-0.2, 0) is 0 Å². The molecule has 154 valence electrons. The number of carbonyl (C=O) groups is 1. The minimum atomic E-state index is -0.255. The SMILES string of the molecule is Cl.Cl.O=C(Nc1cccnc1)N1CCC(c2nc(-c3cccc(F)c3)cs2)CC1. The van der Waals surface area contributed by atoms with Gasteiger partial charge in [-0.2, -0.15) is 0 Å². The lowest BCUT2D eigenvalue weighted by Crippen LogP contribution is -2.40. The van der Waals surface area contributed by atoms with E-state index in [1.807, 2.05) is 22.4 Å². The number of carbonyl (C=O) groups excluding carboxylic acids is 1. The Kier molecular flexibility index (Phi) is 8.37. The second kappa shape index (κ2) is 10.5. The van der Waals surface area contributed by atoms with Crippen molar-refractivity contribution in [1.29, 1.82) is 0 Å². The molecule has 1 saturated heterocycles. The van der Waals surface area contributed by atoms with Crippen molar-refractivity contribution < 1.29 is 9.18 Å². The Bertz CT molecular complexity index is 933. The molecule has 3 aromatic rings. The molecule has 0 atom stereocenters. The van der Waals surface area contributed by atoms with Gasteiger partial charge in [0.25, 0.3) is 0 Å². The van der Waals surface area contributed by atoms with Crippen LogP contribution in [0.3, 0.4) is 0 Å². The van der Waals surface area contributed by atoms with Crippen LogP contribution in [0.1, 0.15) is 23.8 Å². The number of nitrogens with one attached hydrogen (secondary N) is 1. The summed E-state index contributed by atoms with van der Waals surface area (Å²) in [7, 11) is 0. The topological polar surface area (TPSA) is 58.1 Å². The summed E-state index contributed by atoms with van der Waals surface area (Å²) in [6.45, 7) is 1.37. The first-order valence-corrected chi connectivity index (χ1v) is 9.74. The molecule has 0 saturated carbocycles. The van der Waals surface area contributed by atoms with Gasteiger partial charge in [0.2, 0.25) is 0 Å². The van der Waals surface area contributed by atoms with E-state index in [1.165, 1.54) is 12.1 Å². The van der Waals surface area contributed by atoms with Crippen LogP contribution >= 0.6 is 36.2 Å². The lowest BCUT2D eigenvalue weighted by Gasteiger charge is -2.31. The van der Waals surface area contributed by atoms with Crippen LogP contribution in [-0.4, -0.2) is 34.0 Å². The van der Waals surface area contributed by atoms with Crippen LogP contribution in [0.2, 0.25) is 0 Å². The summed E-state index contributed by atoms with van der Waals surface area (Å²) in [6.07, 6.45) is 5.05. The molecule has 0 radical (unpaired) electrons. The van der Waals surface area contributed by atoms with Crippen molar-refractivity contribution in [3.63, 3.8) is 0 Å². The second-order valence-electron chi connectivity index (χ2n) is 6.51. The van der Waals surface area contributed by atoms with Gasteiger partial charge in [-0.1, -0.05) is 12.1 Å². The van der Waals surface area contributed by atoms with Crippen LogP contribution in [0.4, 0.5) is 14.9 Å². The second-order valence-corrected chi connectivity index (χ2v) is 7.40. The fourth-order valence-corrected chi connectivity index (χ4v) is 4.22. The number of amides is 2. The number of aromatic nitrogens is 2. The summed E-state index contributed by atoms with van der Waals surface area (Å²) < 4.78 is 13.4. The minimum absolute atomic E-state index is 0. The molecule has 0 unspecified atom stereocenters. The standard InChI is InChI=1S/C20H19FN4OS.2ClH/c21-16-4-1-3-15(11-16)18-13-27-19(24-18)14-6-9-25(10-7-14)20(26)23-17-5-2-8-22-12-17;;/h1-5,8,11-14H,6-7,9-10H2,(H,23,26);2*1H. The summed E-state index contributed by atoms with van der Waals surface area (Å²) in [5.74, 6) is 0.0785. The van der Waals surface area contributed by atoms with E-state index in [-0.39, 0.29) is 36.7 Å². The van der Waals surface area contributed by atoms with Crippen LogP contribution < -0.4 is 5.32 Å². The molecule has 5 nitrogen and oxygen atoms in total. The van der Waals surface area contributed by atoms with Crippen molar-refractivity contribution in [3.8, 4) is 11.3 Å². The molecule has 1 aliphatic heterocycles. The zero-order chi connectivity index (χ0) is 18.6. The number of benzene rings is 1. The number of hydrogen-bond donors (Lipinski definition) is 1. The highest BCUT2D eigenvalue weighted by atomic mass is 35.5. The van der Waals surface area contributed by atoms with Crippen molar-refractivity contribution >= 4 is 47.9 Å². The lowest BCUT2D eigenvalue weighted by atomic mass is 9.98. The van der Waals surface area contributed by atoms with Crippen LogP contribution in [0.25, 0.3) is 11.3 Å². The highest BCUT2D eigenvalue weighted by molar-refractivity contribution is 7.10. The van der Waals surface area contributed by atoms with Crippen molar-refractivity contribution in [2.24, 2.45) is 0 Å². The predicted octanol–water partition coefficient (Wildman–Crippen LogP) is 5.60. The van der Waals surface area contributed by atoms with Gasteiger partial charge in [0, 0.05) is 36.1 Å². The predicted molar refractivity (Wildman–Crippen MR) is 119 cm³/mol. The molecule has 0 spiro atoms. The summed E-state index contributed by atoms with van der Waals surface area (Å²) in [5, 5.41) is 5.91. The molecule has 29 heavy (non-hydrogen) atoms. The van der Waals surface area contributed by atoms with E-state index in [4.69, 9.17) is 4.98 Å². The van der Waals surface area contributed by atoms with Gasteiger partial charge in [-0.3, -0.25) is 4.98 Å². The number of pyridine rings is 1. The Hall–Kier alpha value is -2.22. The van der Waals surface area contributed by atoms with Crippen LogP contribution in [0.5, 0.6) is 0 Å². The highest BCUT2D eigenvalue weighted by Gasteiger charge is 2.26. The maximum atomic E-state index is 13.4. The molecule has 4 rings (SSSR count). The smallest absolute Gasteiger partial charge is 0.321 e. The summed E-state index contributed by atoms with van der Waals surface area (Å²) in [5.41, 5.74) is 2.31. The first-order valence-electron chi connectivity index (χ1n) is 8.86. The quantitative estimate of drug-likeness (QED) is 0.560. The maximum Gasteiger partial charge on any atom is 0.321 e. The van der Waals surface area contributed by atoms with Crippen molar-refractivity contribution in [3.05, 3.63) is 65.0 Å². The third-order valence-corrected chi connectivity index (χ3v) is 5.69. The molecule has 2 amide bonds. The fraction of sp³-hybridized carbons (Fsp3) is 0.250. The number of likely N-dealkylation sites (tertiary alicyclic amines) is 1. The Morgan fingerprint density at radius 1 is 1.17 bits per heavy atom. The number of piperidine rings is 1. The number of thiazole rings is 1. The third kappa shape index (κ3) is 5.65. The largest absolute Gasteiger partial charge is 0.324 e. The zero-order valence-corrected chi connectivity index (χ0v) is 17.9. The Morgan fingerprint density at radius 3 is 2.66 bits per heavy atom. The maximum absolute atomic E-state index is 13.4. The lowest BCUT2D eigenvalue weighted by molar-refractivity contribution is 0.194. The van der Waals surface area contributed by atoms with E-state index in [2.05, 4.69) is 10.3 Å². The highest BCUT2D eigenvalue weighted by Crippen LogP contribution is 2.33. The van der Waals surface area contributed by atoms with E-state index >= 15 is 0 Å². The molecular formula is C20H21Cl2FN4OS. The van der Waals surface area contributed by atoms with Gasteiger partial charge >= 0.3 is 6.03 Å². The van der Waals surface area contributed by atoms with E-state index in [0.29, 0.717) is 24.7 Å². The third-order valence-electron chi connectivity index (χ3n) is 4.69. The first kappa shape index (κ1) is 23.1. The van der Waals surface area contributed by atoms with E-state index in [1.54, 1.807) is 35.9 Å². The van der Waals surface area contributed by atoms with E-state index < -0.39 is 0 Å². The van der Waals surface area contributed by atoms with Crippen LogP contribution in [0.15, 0.2) is 54.2 Å². The van der Waals surface area contributed by atoms with Crippen molar-refractivity contribution in [2.45, 2.75) is 18.8 Å². The number of hydrogen-bond acceptors (Lipinski definition) is 4. The number of halogens is 3. The molecule has 1 N–H and O–H groups in total. The number of anilines is 1. The van der Waals surface area contributed by atoms with Gasteiger partial charge in [-0.05, 0) is 37.1 Å². The van der Waals surface area contributed by atoms with Gasteiger partial charge in [-0.25, -0.2) is 14.2 Å². The minimum Gasteiger partial charge on any atom is -0.324 e. The molecule has 0 bridgehead atoms. The summed E-state index contributed by atoms with van der Waals surface area (Å²) in [4.78, 5) is 22.9. The summed E-state index contributed by atoms with van der Waals surface area (Å²) >= 11 is 1.61. The first-order chi connectivity index (χ1) is 13.2. The molecular weight excluding hydrogens is 434 g/mol. The van der Waals surface area contributed by atoms with Crippen molar-refractivity contribution in [1.82, 2.24) is 14.9 Å². The molecule has 1 fully saturated rings. The summed E-state index contributed by atoms with van der Waals surface area (Å²) in [6, 6.07) is 10.0. The van der Waals surface area contributed by atoms with Crippen molar-refractivity contribution in [2.75, 3.05) is 18.4 Å². The molecule has 1 aromatic carbocycles. The molecule has 3 heterocycles. The molecule has 1 aliphatic rings. The molecule has 0 aliphatic carbocycles. The normalized spacial score (nSPS) is 13.9. The Balaban J connectivity index is 0.00000150. The Morgan fingerprint density at radius 2 is 1.97 bits per heavy atom. The van der Waals surface area contributed by atoms with Gasteiger partial charge in [0.15, 0.2) is 0 Å². The molecule has 2 aromatic heterocycles. The monoisotopic (exact) mass is 454 g/mol.